The molecule has 2 aromatic carbocycles. The summed E-state index contributed by atoms with van der Waals surface area (Å²) in [5.74, 6) is 0.0124. The fraction of sp³-hybridized carbons (Fsp3) is 0.261. The minimum Gasteiger partial charge on any atom is -0.772 e. The molecular weight excluding hydrogens is 428 g/mol. The summed E-state index contributed by atoms with van der Waals surface area (Å²) in [6.07, 6.45) is 5.12. The second-order valence-electron chi connectivity index (χ2n) is 7.82. The number of anilines is 1. The van der Waals surface area contributed by atoms with Crippen molar-refractivity contribution >= 4 is 22.8 Å². The Morgan fingerprint density at radius 1 is 1.19 bits per heavy atom. The van der Waals surface area contributed by atoms with Gasteiger partial charge in [-0.05, 0) is 48.6 Å². The van der Waals surface area contributed by atoms with Crippen LogP contribution in [0.25, 0.3) is 5.69 Å². The molecule has 0 spiro atoms. The van der Waals surface area contributed by atoms with Crippen molar-refractivity contribution in [2.75, 3.05) is 5.32 Å². The lowest BCUT2D eigenvalue weighted by Crippen LogP contribution is -2.26. The van der Waals surface area contributed by atoms with Gasteiger partial charge in [0.05, 0.1) is 5.69 Å². The minimum atomic E-state index is -2.13. The number of aromatic nitrogens is 2. The Morgan fingerprint density at radius 2 is 1.91 bits per heavy atom. The summed E-state index contributed by atoms with van der Waals surface area (Å²) in [5, 5.41) is 6.01. The van der Waals surface area contributed by atoms with Crippen LogP contribution in [-0.4, -0.2) is 30.3 Å². The van der Waals surface area contributed by atoms with E-state index in [0.717, 1.165) is 24.0 Å². The van der Waals surface area contributed by atoms with Crippen molar-refractivity contribution in [1.29, 1.82) is 0 Å². The second kappa shape index (κ2) is 9.46. The minimum absolute atomic E-state index is 0.0320. The number of amides is 1. The predicted molar refractivity (Wildman–Crippen MR) is 121 cm³/mol. The van der Waals surface area contributed by atoms with Crippen molar-refractivity contribution < 1.29 is 13.6 Å². The normalized spacial score (nSPS) is 14.1. The Morgan fingerprint density at radius 3 is 2.59 bits per heavy atom. The number of nitrogens with one attached hydrogen (secondary N) is 2. The number of nitrogens with zero attached hydrogens (tertiary/aromatic N) is 2. The average molecular weight is 452 g/mol. The molecule has 1 saturated carbocycles. The zero-order valence-electron chi connectivity index (χ0n) is 17.5. The van der Waals surface area contributed by atoms with E-state index in [1.807, 2.05) is 25.1 Å². The largest absolute Gasteiger partial charge is 0.772 e. The van der Waals surface area contributed by atoms with E-state index in [2.05, 4.69) is 15.6 Å². The molecule has 9 heteroatoms. The van der Waals surface area contributed by atoms with Gasteiger partial charge < -0.3 is 15.2 Å². The summed E-state index contributed by atoms with van der Waals surface area (Å²) in [5.41, 5.74) is 3.25. The quantitative estimate of drug-likeness (QED) is 0.508. The molecular formula is C23H23N4O4S-. The van der Waals surface area contributed by atoms with Gasteiger partial charge >= 0.3 is 0 Å². The van der Waals surface area contributed by atoms with Crippen LogP contribution in [0.1, 0.15) is 39.9 Å². The van der Waals surface area contributed by atoms with Crippen molar-refractivity contribution in [3.05, 3.63) is 87.5 Å². The number of hydrogen-bond acceptors (Lipinski definition) is 6. The van der Waals surface area contributed by atoms with Crippen molar-refractivity contribution in [2.24, 2.45) is 0 Å². The highest BCUT2D eigenvalue weighted by Gasteiger charge is 2.24. The van der Waals surface area contributed by atoms with Crippen LogP contribution in [0.4, 0.5) is 5.82 Å². The van der Waals surface area contributed by atoms with Gasteiger partial charge in [0.2, 0.25) is 0 Å². The number of benzene rings is 2. The summed E-state index contributed by atoms with van der Waals surface area (Å²) in [6, 6.07) is 12.7. The first kappa shape index (κ1) is 21.9. The van der Waals surface area contributed by atoms with E-state index in [1.165, 1.54) is 10.8 Å². The summed E-state index contributed by atoms with van der Waals surface area (Å²) in [7, 11) is 0. The zero-order chi connectivity index (χ0) is 22.7. The van der Waals surface area contributed by atoms with Crippen LogP contribution in [0.15, 0.2) is 59.7 Å². The van der Waals surface area contributed by atoms with Gasteiger partial charge in [0.15, 0.2) is 5.82 Å². The highest BCUT2D eigenvalue weighted by Crippen LogP contribution is 2.21. The molecule has 32 heavy (non-hydrogen) atoms. The number of rotatable bonds is 8. The Labute approximate surface area is 188 Å². The molecule has 1 aliphatic rings. The molecule has 1 aliphatic carbocycles. The van der Waals surface area contributed by atoms with E-state index in [-0.39, 0.29) is 29.1 Å². The highest BCUT2D eigenvalue weighted by atomic mass is 32.2. The zero-order valence-corrected chi connectivity index (χ0v) is 18.4. The van der Waals surface area contributed by atoms with Crippen LogP contribution in [0.5, 0.6) is 0 Å². The maximum absolute atomic E-state index is 13.1. The van der Waals surface area contributed by atoms with Gasteiger partial charge in [0.25, 0.3) is 11.5 Å². The van der Waals surface area contributed by atoms with Crippen LogP contribution in [0.3, 0.4) is 0 Å². The van der Waals surface area contributed by atoms with Crippen LogP contribution in [0, 0.1) is 6.92 Å². The van der Waals surface area contributed by atoms with Gasteiger partial charge in [-0.15, -0.1) is 0 Å². The maximum atomic E-state index is 13.1. The molecule has 0 aliphatic heterocycles. The smallest absolute Gasteiger partial charge is 0.297 e. The lowest BCUT2D eigenvalue weighted by atomic mass is 10.1. The molecule has 0 saturated heterocycles. The topological polar surface area (TPSA) is 116 Å². The summed E-state index contributed by atoms with van der Waals surface area (Å²) >= 11 is -2.13. The van der Waals surface area contributed by atoms with Crippen LogP contribution < -0.4 is 16.2 Å². The van der Waals surface area contributed by atoms with Gasteiger partial charge in [-0.3, -0.25) is 18.4 Å². The molecule has 3 aromatic rings. The van der Waals surface area contributed by atoms with Crippen molar-refractivity contribution in [3.63, 3.8) is 0 Å². The first-order valence-electron chi connectivity index (χ1n) is 10.3. The van der Waals surface area contributed by atoms with E-state index in [0.29, 0.717) is 23.4 Å². The third-order valence-corrected chi connectivity index (χ3v) is 5.82. The number of hydrogen-bond donors (Lipinski definition) is 2. The van der Waals surface area contributed by atoms with Gasteiger partial charge in [-0.1, -0.05) is 41.4 Å². The second-order valence-corrected chi connectivity index (χ2v) is 8.71. The molecule has 1 heterocycles. The molecule has 8 nitrogen and oxygen atoms in total. The monoisotopic (exact) mass is 451 g/mol. The molecule has 166 valence electrons. The van der Waals surface area contributed by atoms with Gasteiger partial charge in [-0.2, -0.15) is 0 Å². The molecule has 1 atom stereocenters. The van der Waals surface area contributed by atoms with Crippen LogP contribution >= 0.6 is 0 Å². The summed E-state index contributed by atoms with van der Waals surface area (Å²) < 4.78 is 23.1. The number of carbonyl (C=O) groups excluding carboxylic acids is 1. The molecule has 1 aromatic heterocycles. The van der Waals surface area contributed by atoms with Crippen LogP contribution in [0.2, 0.25) is 0 Å². The van der Waals surface area contributed by atoms with E-state index in [1.54, 1.807) is 30.5 Å². The molecule has 4 rings (SSSR count). The molecule has 1 unspecified atom stereocenters. The van der Waals surface area contributed by atoms with Crippen molar-refractivity contribution in [1.82, 2.24) is 14.9 Å². The van der Waals surface area contributed by atoms with E-state index < -0.39 is 11.1 Å². The first-order chi connectivity index (χ1) is 15.4. The maximum Gasteiger partial charge on any atom is 0.297 e. The van der Waals surface area contributed by atoms with E-state index in [9.17, 15) is 18.4 Å². The lowest BCUT2D eigenvalue weighted by molar-refractivity contribution is 0.0951. The number of carbonyl (C=O) groups is 1. The molecule has 1 amide bonds. The summed E-state index contributed by atoms with van der Waals surface area (Å²) in [6.45, 7) is 2.24. The SMILES string of the molecule is Cc1ccc(C(=O)NC2CC2)cc1-n1ccnc(NCc2ccc(CS(=O)[O-])cc2)c1=O. The fourth-order valence-corrected chi connectivity index (χ4v) is 3.77. The molecule has 1 fully saturated rings. The van der Waals surface area contributed by atoms with Crippen molar-refractivity contribution in [3.8, 4) is 5.69 Å². The van der Waals surface area contributed by atoms with Crippen LogP contribution in [-0.2, 0) is 23.4 Å². The third kappa shape index (κ3) is 5.30. The third-order valence-electron chi connectivity index (χ3n) is 5.25. The van der Waals surface area contributed by atoms with Crippen molar-refractivity contribution in [2.45, 2.75) is 38.1 Å². The van der Waals surface area contributed by atoms with Gasteiger partial charge in [0.1, 0.15) is 0 Å². The Balaban J connectivity index is 1.53. The highest BCUT2D eigenvalue weighted by molar-refractivity contribution is 7.78. The Bertz CT molecular complexity index is 1220. The average Bonchev–Trinajstić information content (AvgIpc) is 3.58. The van der Waals surface area contributed by atoms with Gasteiger partial charge in [0, 0.05) is 36.3 Å². The van der Waals surface area contributed by atoms with E-state index in [4.69, 9.17) is 0 Å². The standard InChI is InChI=1S/C23H24N4O4S/c1-15-2-7-18(22(28)26-19-8-9-19)12-20(15)27-11-10-24-21(23(27)29)25-13-16-3-5-17(6-4-16)14-32(30)31/h2-7,10-12,19H,8-9,13-14H2,1H3,(H,24,25)(H,26,28)(H,30,31)/p-1. The molecule has 2 N–H and O–H groups in total. The fourth-order valence-electron chi connectivity index (χ4n) is 3.30. The molecule has 0 bridgehead atoms. The van der Waals surface area contributed by atoms with Gasteiger partial charge in [-0.25, -0.2) is 4.98 Å². The Hall–Kier alpha value is -3.30. The predicted octanol–water partition coefficient (Wildman–Crippen LogP) is 2.42. The first-order valence-corrected chi connectivity index (χ1v) is 11.5. The van der Waals surface area contributed by atoms with E-state index >= 15 is 0 Å². The lowest BCUT2D eigenvalue weighted by Gasteiger charge is -2.13. The molecule has 0 radical (unpaired) electrons. The summed E-state index contributed by atoms with van der Waals surface area (Å²) in [4.78, 5) is 29.6. The Kier molecular flexibility index (Phi) is 6.48. The number of aryl methyl sites for hydroxylation is 1.